The lowest BCUT2D eigenvalue weighted by Gasteiger charge is -2.39. The molecule has 1 aromatic heterocycles. The molecular formula is C21H20O8. The molecule has 3 aromatic rings. The van der Waals surface area contributed by atoms with Gasteiger partial charge in [-0.3, -0.25) is 4.79 Å². The first-order chi connectivity index (χ1) is 14.0. The zero-order valence-corrected chi connectivity index (χ0v) is 15.2. The first-order valence-electron chi connectivity index (χ1n) is 9.08. The Labute approximate surface area is 165 Å². The molecule has 152 valence electrons. The van der Waals surface area contributed by atoms with E-state index in [4.69, 9.17) is 13.9 Å². The van der Waals surface area contributed by atoms with Crippen LogP contribution in [0.4, 0.5) is 0 Å². The van der Waals surface area contributed by atoms with E-state index in [1.165, 1.54) is 24.3 Å². The molecule has 2 heterocycles. The van der Waals surface area contributed by atoms with Crippen molar-refractivity contribution in [1.82, 2.24) is 0 Å². The Kier molecular flexibility index (Phi) is 5.35. The topological polar surface area (TPSA) is 130 Å². The van der Waals surface area contributed by atoms with Crippen molar-refractivity contribution in [3.05, 3.63) is 64.8 Å². The molecule has 2 aromatic carbocycles. The van der Waals surface area contributed by atoms with Gasteiger partial charge in [0.25, 0.3) is 0 Å². The van der Waals surface area contributed by atoms with Gasteiger partial charge in [-0.2, -0.15) is 0 Å². The highest BCUT2D eigenvalue weighted by atomic mass is 16.7. The lowest BCUT2D eigenvalue weighted by Crippen LogP contribution is -2.60. The summed E-state index contributed by atoms with van der Waals surface area (Å²) in [5.41, 5.74) is 0.801. The summed E-state index contributed by atoms with van der Waals surface area (Å²) in [4.78, 5) is 12.4. The number of hydrogen-bond donors (Lipinski definition) is 4. The zero-order chi connectivity index (χ0) is 20.5. The van der Waals surface area contributed by atoms with Gasteiger partial charge < -0.3 is 34.3 Å². The molecule has 1 fully saturated rings. The Bertz CT molecular complexity index is 1050. The summed E-state index contributed by atoms with van der Waals surface area (Å²) in [6.07, 6.45) is -6.97. The highest BCUT2D eigenvalue weighted by Gasteiger charge is 2.44. The van der Waals surface area contributed by atoms with Crippen LogP contribution in [-0.4, -0.2) is 57.7 Å². The maximum absolute atomic E-state index is 12.4. The average molecular weight is 400 g/mol. The van der Waals surface area contributed by atoms with Gasteiger partial charge in [-0.25, -0.2) is 0 Å². The summed E-state index contributed by atoms with van der Waals surface area (Å²) in [6, 6.07) is 15.1. The quantitative estimate of drug-likeness (QED) is 0.502. The van der Waals surface area contributed by atoms with E-state index in [0.29, 0.717) is 11.1 Å². The molecule has 0 amide bonds. The third-order valence-electron chi connectivity index (χ3n) is 4.86. The lowest BCUT2D eigenvalue weighted by atomic mass is 9.99. The molecule has 1 aliphatic rings. The van der Waals surface area contributed by atoms with E-state index in [1.54, 1.807) is 0 Å². The number of hydrogen-bond acceptors (Lipinski definition) is 8. The van der Waals surface area contributed by atoms with Crippen LogP contribution in [0.1, 0.15) is 0 Å². The lowest BCUT2D eigenvalue weighted by molar-refractivity contribution is -0.277. The highest BCUT2D eigenvalue weighted by Crippen LogP contribution is 2.28. The minimum absolute atomic E-state index is 0.218. The Hall–Kier alpha value is -2.75. The van der Waals surface area contributed by atoms with Gasteiger partial charge in [-0.15, -0.1) is 0 Å². The van der Waals surface area contributed by atoms with E-state index < -0.39 is 37.3 Å². The Morgan fingerprint density at radius 2 is 1.69 bits per heavy atom. The van der Waals surface area contributed by atoms with Crippen LogP contribution in [0.25, 0.3) is 22.3 Å². The van der Waals surface area contributed by atoms with Crippen molar-refractivity contribution in [1.29, 1.82) is 0 Å². The summed E-state index contributed by atoms with van der Waals surface area (Å²) >= 11 is 0. The van der Waals surface area contributed by atoms with Crippen molar-refractivity contribution in [3.8, 4) is 17.1 Å². The van der Waals surface area contributed by atoms with E-state index in [-0.39, 0.29) is 16.8 Å². The van der Waals surface area contributed by atoms with Crippen molar-refractivity contribution < 1.29 is 34.3 Å². The third-order valence-corrected chi connectivity index (χ3v) is 4.86. The summed E-state index contributed by atoms with van der Waals surface area (Å²) in [6.45, 7) is -0.558. The van der Waals surface area contributed by atoms with Crippen molar-refractivity contribution >= 4 is 11.0 Å². The minimum atomic E-state index is -1.55. The zero-order valence-electron chi connectivity index (χ0n) is 15.2. The Morgan fingerprint density at radius 1 is 0.931 bits per heavy atom. The average Bonchev–Trinajstić information content (AvgIpc) is 2.74. The minimum Gasteiger partial charge on any atom is -0.462 e. The van der Waals surface area contributed by atoms with E-state index in [0.717, 1.165) is 5.56 Å². The van der Waals surface area contributed by atoms with Crippen LogP contribution < -0.4 is 10.2 Å². The summed E-state index contributed by atoms with van der Waals surface area (Å²) < 4.78 is 16.8. The van der Waals surface area contributed by atoms with Crippen molar-refractivity contribution in [3.63, 3.8) is 0 Å². The fourth-order valence-corrected chi connectivity index (χ4v) is 3.25. The molecule has 8 nitrogen and oxygen atoms in total. The molecule has 0 aliphatic carbocycles. The van der Waals surface area contributed by atoms with Gasteiger partial charge in [0, 0.05) is 17.7 Å². The molecule has 0 spiro atoms. The van der Waals surface area contributed by atoms with Crippen LogP contribution in [0.3, 0.4) is 0 Å². The second-order valence-electron chi connectivity index (χ2n) is 6.81. The predicted molar refractivity (Wildman–Crippen MR) is 102 cm³/mol. The molecule has 4 N–H and O–H groups in total. The SMILES string of the molecule is O=c1cc(-c2ccccc2)oc2cc(O[C@@H]3O[C@@H](CO)[C@@H](O)[C@@H](O)[C@@H]3O)ccc12. The first kappa shape index (κ1) is 19.6. The second-order valence-corrected chi connectivity index (χ2v) is 6.81. The maximum Gasteiger partial charge on any atom is 0.229 e. The van der Waals surface area contributed by atoms with Gasteiger partial charge in [0.05, 0.1) is 12.0 Å². The molecule has 0 saturated carbocycles. The molecule has 1 aliphatic heterocycles. The van der Waals surface area contributed by atoms with Crippen LogP contribution in [0, 0.1) is 0 Å². The number of ether oxygens (including phenoxy) is 2. The van der Waals surface area contributed by atoms with Crippen molar-refractivity contribution in [2.75, 3.05) is 6.61 Å². The maximum atomic E-state index is 12.4. The summed E-state index contributed by atoms with van der Waals surface area (Å²) in [5, 5.41) is 39.5. The summed E-state index contributed by atoms with van der Waals surface area (Å²) in [5.74, 6) is 0.614. The number of rotatable bonds is 4. The van der Waals surface area contributed by atoms with Crippen molar-refractivity contribution in [2.24, 2.45) is 0 Å². The number of aliphatic hydroxyl groups excluding tert-OH is 4. The molecule has 8 heteroatoms. The highest BCUT2D eigenvalue weighted by molar-refractivity contribution is 5.80. The molecule has 5 atom stereocenters. The number of fused-ring (bicyclic) bond motifs is 1. The summed E-state index contributed by atoms with van der Waals surface area (Å²) in [7, 11) is 0. The molecular weight excluding hydrogens is 380 g/mol. The monoisotopic (exact) mass is 400 g/mol. The van der Waals surface area contributed by atoms with Gasteiger partial charge >= 0.3 is 0 Å². The fraction of sp³-hybridized carbons (Fsp3) is 0.286. The van der Waals surface area contributed by atoms with E-state index in [9.17, 15) is 25.2 Å². The molecule has 0 radical (unpaired) electrons. The largest absolute Gasteiger partial charge is 0.462 e. The van der Waals surface area contributed by atoms with Crippen molar-refractivity contribution in [2.45, 2.75) is 30.7 Å². The van der Waals surface area contributed by atoms with Gasteiger partial charge in [-0.05, 0) is 12.1 Å². The number of benzene rings is 2. The smallest absolute Gasteiger partial charge is 0.229 e. The van der Waals surface area contributed by atoms with Crippen LogP contribution >= 0.6 is 0 Å². The van der Waals surface area contributed by atoms with Crippen LogP contribution in [-0.2, 0) is 4.74 Å². The standard InChI is InChI=1S/C21H20O8/c22-10-17-18(24)19(25)20(26)21(29-17)27-12-6-7-13-14(23)9-15(28-16(13)8-12)11-4-2-1-3-5-11/h1-9,17-22,24-26H,10H2/t17-,18+,19+,20-,21+/m0/s1. The Morgan fingerprint density at radius 3 is 2.41 bits per heavy atom. The predicted octanol–water partition coefficient (Wildman–Crippen LogP) is 0.639. The van der Waals surface area contributed by atoms with E-state index >= 15 is 0 Å². The van der Waals surface area contributed by atoms with Gasteiger partial charge in [-0.1, -0.05) is 30.3 Å². The van der Waals surface area contributed by atoms with Crippen LogP contribution in [0.15, 0.2) is 63.8 Å². The van der Waals surface area contributed by atoms with Gasteiger partial charge in [0.15, 0.2) is 5.43 Å². The first-order valence-corrected chi connectivity index (χ1v) is 9.08. The normalized spacial score (nSPS) is 27.1. The molecule has 0 unspecified atom stereocenters. The fourth-order valence-electron chi connectivity index (χ4n) is 3.25. The molecule has 1 saturated heterocycles. The van der Waals surface area contributed by atoms with Gasteiger partial charge in [0.1, 0.15) is 41.5 Å². The number of aliphatic hydroxyl groups is 4. The molecule has 29 heavy (non-hydrogen) atoms. The molecule has 0 bridgehead atoms. The van der Waals surface area contributed by atoms with E-state index in [2.05, 4.69) is 0 Å². The van der Waals surface area contributed by atoms with Crippen LogP contribution in [0.5, 0.6) is 5.75 Å². The molecule has 4 rings (SSSR count). The second kappa shape index (κ2) is 7.94. The van der Waals surface area contributed by atoms with Crippen LogP contribution in [0.2, 0.25) is 0 Å². The van der Waals surface area contributed by atoms with Gasteiger partial charge in [0.2, 0.25) is 6.29 Å². The Balaban J connectivity index is 1.66. The third kappa shape index (κ3) is 3.76. The van der Waals surface area contributed by atoms with E-state index in [1.807, 2.05) is 30.3 Å².